The van der Waals surface area contributed by atoms with Crippen LogP contribution in [0.4, 0.5) is 0 Å². The number of para-hydroxylation sites is 1. The number of Topliss-reactive ketones (excluding diaryl/α,β-unsaturated/α-hetero) is 1. The topological polar surface area (TPSA) is 47.3 Å². The van der Waals surface area contributed by atoms with Crippen LogP contribution in [0.2, 0.25) is 0 Å². The summed E-state index contributed by atoms with van der Waals surface area (Å²) in [5.74, 6) is 0.723. The normalized spacial score (nSPS) is 20.8. The fourth-order valence-electron chi connectivity index (χ4n) is 2.34. The number of allylic oxidation sites excluding steroid dienone is 1. The molecule has 0 bridgehead atoms. The van der Waals surface area contributed by atoms with E-state index in [1.807, 2.05) is 6.07 Å². The molecule has 0 saturated heterocycles. The number of rotatable bonds is 1. The summed E-state index contributed by atoms with van der Waals surface area (Å²) in [6.07, 6.45) is 2.29. The standard InChI is InChI=1S/C16H13O3/c1-9-6-14(17)13(9)8-11-4-3-5-12-15(18)7-10(2)19-16(11)12/h3-5,7-9H,1,6H2,2H3. The van der Waals surface area contributed by atoms with Gasteiger partial charge >= 0.3 is 0 Å². The Morgan fingerprint density at radius 2 is 2.16 bits per heavy atom. The second-order valence-electron chi connectivity index (χ2n) is 4.87. The molecule has 0 spiro atoms. The van der Waals surface area contributed by atoms with Crippen molar-refractivity contribution in [3.63, 3.8) is 0 Å². The molecule has 1 saturated carbocycles. The van der Waals surface area contributed by atoms with Gasteiger partial charge in [-0.1, -0.05) is 12.1 Å². The van der Waals surface area contributed by atoms with E-state index in [4.69, 9.17) is 4.42 Å². The van der Waals surface area contributed by atoms with Crippen LogP contribution in [0.3, 0.4) is 0 Å². The molecule has 95 valence electrons. The molecule has 1 aromatic heterocycles. The fraction of sp³-hybridized carbons (Fsp3) is 0.188. The van der Waals surface area contributed by atoms with Crippen LogP contribution in [0, 0.1) is 19.8 Å². The van der Waals surface area contributed by atoms with E-state index in [1.54, 1.807) is 25.1 Å². The van der Waals surface area contributed by atoms with Crippen molar-refractivity contribution in [3.05, 3.63) is 58.3 Å². The Bertz CT molecular complexity index is 765. The van der Waals surface area contributed by atoms with Gasteiger partial charge in [0.1, 0.15) is 11.3 Å². The lowest BCUT2D eigenvalue weighted by Crippen LogP contribution is -2.24. The smallest absolute Gasteiger partial charge is 0.192 e. The molecule has 0 N–H and O–H groups in total. The van der Waals surface area contributed by atoms with Gasteiger partial charge in [-0.25, -0.2) is 0 Å². The Hall–Kier alpha value is -2.16. The Morgan fingerprint density at radius 3 is 2.84 bits per heavy atom. The minimum Gasteiger partial charge on any atom is -0.460 e. The monoisotopic (exact) mass is 253 g/mol. The summed E-state index contributed by atoms with van der Waals surface area (Å²) < 4.78 is 5.64. The van der Waals surface area contributed by atoms with Gasteiger partial charge in [-0.05, 0) is 37.5 Å². The predicted octanol–water partition coefficient (Wildman–Crippen LogP) is 2.91. The highest BCUT2D eigenvalue weighted by Crippen LogP contribution is 2.32. The van der Waals surface area contributed by atoms with Gasteiger partial charge in [0.15, 0.2) is 11.2 Å². The summed E-state index contributed by atoms with van der Waals surface area (Å²) in [6.45, 7) is 5.65. The Balaban J connectivity index is 2.25. The molecule has 3 nitrogen and oxygen atoms in total. The molecular weight excluding hydrogens is 240 g/mol. The van der Waals surface area contributed by atoms with Crippen LogP contribution in [0.15, 0.2) is 39.1 Å². The Kier molecular flexibility index (Phi) is 2.63. The third-order valence-corrected chi connectivity index (χ3v) is 3.41. The van der Waals surface area contributed by atoms with Gasteiger partial charge in [0.2, 0.25) is 0 Å². The van der Waals surface area contributed by atoms with E-state index < -0.39 is 0 Å². The predicted molar refractivity (Wildman–Crippen MR) is 73.7 cm³/mol. The fourth-order valence-corrected chi connectivity index (χ4v) is 2.34. The van der Waals surface area contributed by atoms with E-state index in [1.165, 1.54) is 6.07 Å². The highest BCUT2D eigenvalue weighted by molar-refractivity contribution is 6.07. The van der Waals surface area contributed by atoms with Crippen molar-refractivity contribution in [2.24, 2.45) is 5.92 Å². The third kappa shape index (κ3) is 1.91. The van der Waals surface area contributed by atoms with E-state index in [0.717, 1.165) is 5.56 Å². The van der Waals surface area contributed by atoms with Crippen molar-refractivity contribution in [3.8, 4) is 0 Å². The van der Waals surface area contributed by atoms with Crippen molar-refractivity contribution in [1.29, 1.82) is 0 Å². The number of benzene rings is 1. The molecule has 0 aliphatic heterocycles. The third-order valence-electron chi connectivity index (χ3n) is 3.41. The van der Waals surface area contributed by atoms with Crippen LogP contribution < -0.4 is 5.43 Å². The molecular formula is C16H13O3. The highest BCUT2D eigenvalue weighted by atomic mass is 16.3. The first-order chi connectivity index (χ1) is 9.06. The van der Waals surface area contributed by atoms with E-state index >= 15 is 0 Å². The highest BCUT2D eigenvalue weighted by Gasteiger charge is 2.29. The molecule has 2 aromatic rings. The maximum atomic E-state index is 11.9. The van der Waals surface area contributed by atoms with Crippen LogP contribution in [-0.4, -0.2) is 5.78 Å². The molecule has 3 rings (SSSR count). The summed E-state index contributed by atoms with van der Waals surface area (Å²) in [4.78, 5) is 23.4. The van der Waals surface area contributed by atoms with Crippen molar-refractivity contribution in [2.45, 2.75) is 13.3 Å². The van der Waals surface area contributed by atoms with E-state index in [9.17, 15) is 9.59 Å². The molecule has 1 aliphatic carbocycles. The van der Waals surface area contributed by atoms with Gasteiger partial charge in [0.05, 0.1) is 5.39 Å². The molecule has 1 radical (unpaired) electrons. The molecule has 1 aliphatic rings. The molecule has 1 atom stereocenters. The van der Waals surface area contributed by atoms with Crippen molar-refractivity contribution < 1.29 is 9.21 Å². The number of fused-ring (bicyclic) bond motifs is 1. The lowest BCUT2D eigenvalue weighted by molar-refractivity contribution is -0.119. The maximum absolute atomic E-state index is 11.9. The number of hydrogen-bond acceptors (Lipinski definition) is 3. The summed E-state index contributed by atoms with van der Waals surface area (Å²) in [5, 5.41) is 0.535. The zero-order chi connectivity index (χ0) is 13.6. The van der Waals surface area contributed by atoms with Gasteiger partial charge in [0.25, 0.3) is 0 Å². The first kappa shape index (κ1) is 11.9. The van der Waals surface area contributed by atoms with Gasteiger partial charge in [-0.15, -0.1) is 0 Å². The minimum atomic E-state index is -0.0647. The lowest BCUT2D eigenvalue weighted by Gasteiger charge is -2.24. The molecule has 1 fully saturated rings. The van der Waals surface area contributed by atoms with Crippen LogP contribution in [0.25, 0.3) is 17.0 Å². The van der Waals surface area contributed by atoms with Gasteiger partial charge in [-0.2, -0.15) is 0 Å². The lowest BCUT2D eigenvalue weighted by atomic mass is 9.78. The quantitative estimate of drug-likeness (QED) is 0.734. The molecule has 19 heavy (non-hydrogen) atoms. The van der Waals surface area contributed by atoms with Gasteiger partial charge in [0, 0.05) is 18.1 Å². The van der Waals surface area contributed by atoms with Gasteiger partial charge in [-0.3, -0.25) is 9.59 Å². The zero-order valence-corrected chi connectivity index (χ0v) is 10.6. The first-order valence-corrected chi connectivity index (χ1v) is 6.17. The van der Waals surface area contributed by atoms with Crippen molar-refractivity contribution in [2.75, 3.05) is 0 Å². The molecule has 1 aromatic carbocycles. The Labute approximate surface area is 110 Å². The Morgan fingerprint density at radius 1 is 1.37 bits per heavy atom. The number of carbonyl (C=O) groups is 1. The maximum Gasteiger partial charge on any atom is 0.192 e. The van der Waals surface area contributed by atoms with Crippen LogP contribution in [-0.2, 0) is 4.79 Å². The number of hydrogen-bond donors (Lipinski definition) is 0. The molecule has 3 heteroatoms. The molecule has 0 amide bonds. The summed E-state index contributed by atoms with van der Waals surface area (Å²) >= 11 is 0. The second kappa shape index (κ2) is 4.19. The molecule has 1 unspecified atom stereocenters. The minimum absolute atomic E-state index is 0.0410. The van der Waals surface area contributed by atoms with Crippen LogP contribution in [0.5, 0.6) is 0 Å². The van der Waals surface area contributed by atoms with E-state index in [2.05, 4.69) is 6.92 Å². The number of carbonyl (C=O) groups excluding carboxylic acids is 1. The van der Waals surface area contributed by atoms with Crippen molar-refractivity contribution >= 4 is 22.8 Å². The second-order valence-corrected chi connectivity index (χ2v) is 4.87. The summed E-state index contributed by atoms with van der Waals surface area (Å²) in [5.41, 5.74) is 1.93. The largest absolute Gasteiger partial charge is 0.460 e. The number of ketones is 1. The SMILES string of the molecule is [CH2]C1CC(=O)C1=Cc1cccc2c(=O)cc(C)oc12. The van der Waals surface area contributed by atoms with Crippen LogP contribution in [0.1, 0.15) is 17.7 Å². The average molecular weight is 253 g/mol. The zero-order valence-electron chi connectivity index (χ0n) is 10.6. The van der Waals surface area contributed by atoms with Crippen LogP contribution >= 0.6 is 0 Å². The number of aryl methyl sites for hydroxylation is 1. The van der Waals surface area contributed by atoms with Crippen molar-refractivity contribution in [1.82, 2.24) is 0 Å². The van der Waals surface area contributed by atoms with E-state index in [-0.39, 0.29) is 17.1 Å². The average Bonchev–Trinajstić information content (AvgIpc) is 2.36. The van der Waals surface area contributed by atoms with Gasteiger partial charge < -0.3 is 4.42 Å². The van der Waals surface area contributed by atoms with E-state index in [0.29, 0.717) is 28.7 Å². The first-order valence-electron chi connectivity index (χ1n) is 6.17. The molecule has 1 heterocycles. The summed E-state index contributed by atoms with van der Waals surface area (Å²) in [6, 6.07) is 6.84. The summed E-state index contributed by atoms with van der Waals surface area (Å²) in [7, 11) is 0.